The number of aromatic nitrogens is 2. The third-order valence-corrected chi connectivity index (χ3v) is 2.57. The second-order valence-electron chi connectivity index (χ2n) is 3.96. The quantitative estimate of drug-likeness (QED) is 0.839. The first-order valence-electron chi connectivity index (χ1n) is 5.48. The Morgan fingerprint density at radius 3 is 2.18 bits per heavy atom. The first kappa shape index (κ1) is 11.7. The predicted molar refractivity (Wildman–Crippen MR) is 66.0 cm³/mol. The first-order chi connectivity index (χ1) is 8.20. The van der Waals surface area contributed by atoms with E-state index in [2.05, 4.69) is 9.97 Å². The van der Waals surface area contributed by atoms with Gasteiger partial charge in [-0.05, 0) is 19.1 Å². The highest BCUT2D eigenvalue weighted by atomic mass is 16.3. The number of nitrogens with two attached hydrogens (primary N) is 1. The second kappa shape index (κ2) is 5.03. The van der Waals surface area contributed by atoms with Crippen LogP contribution in [0.1, 0.15) is 24.4 Å². The second-order valence-corrected chi connectivity index (χ2v) is 3.96. The maximum absolute atomic E-state index is 8.91. The highest BCUT2D eigenvalue weighted by molar-refractivity contribution is 5.61. The molecule has 0 aliphatic rings. The molecule has 2 rings (SSSR count). The fraction of sp³-hybridized carbons (Fsp3) is 0.231. The SMILES string of the molecule is C[C@@H](N)c1ccc(-c2ccc(CO)nc2)cn1. The van der Waals surface area contributed by atoms with Crippen LogP contribution >= 0.6 is 0 Å². The van der Waals surface area contributed by atoms with Gasteiger partial charge >= 0.3 is 0 Å². The Morgan fingerprint density at radius 2 is 1.76 bits per heavy atom. The molecule has 0 saturated heterocycles. The van der Waals surface area contributed by atoms with Gasteiger partial charge in [0.1, 0.15) is 0 Å². The summed E-state index contributed by atoms with van der Waals surface area (Å²) in [6, 6.07) is 7.55. The molecule has 2 heterocycles. The van der Waals surface area contributed by atoms with E-state index in [0.29, 0.717) is 5.69 Å². The van der Waals surface area contributed by atoms with Gasteiger partial charge in [-0.15, -0.1) is 0 Å². The van der Waals surface area contributed by atoms with E-state index in [1.165, 1.54) is 0 Å². The molecule has 0 amide bonds. The van der Waals surface area contributed by atoms with Gasteiger partial charge in [-0.2, -0.15) is 0 Å². The van der Waals surface area contributed by atoms with Gasteiger partial charge in [-0.1, -0.05) is 12.1 Å². The van der Waals surface area contributed by atoms with Gasteiger partial charge in [-0.25, -0.2) is 0 Å². The van der Waals surface area contributed by atoms with Crippen LogP contribution in [-0.4, -0.2) is 15.1 Å². The molecule has 17 heavy (non-hydrogen) atoms. The summed E-state index contributed by atoms with van der Waals surface area (Å²) < 4.78 is 0. The lowest BCUT2D eigenvalue weighted by Gasteiger charge is -2.06. The summed E-state index contributed by atoms with van der Waals surface area (Å²) in [5, 5.41) is 8.91. The van der Waals surface area contributed by atoms with E-state index >= 15 is 0 Å². The highest BCUT2D eigenvalue weighted by Gasteiger charge is 2.03. The molecule has 0 aliphatic carbocycles. The minimum absolute atomic E-state index is 0.0395. The smallest absolute Gasteiger partial charge is 0.0852 e. The van der Waals surface area contributed by atoms with Crippen molar-refractivity contribution in [3.63, 3.8) is 0 Å². The molecule has 0 aromatic carbocycles. The fourth-order valence-corrected chi connectivity index (χ4v) is 1.53. The van der Waals surface area contributed by atoms with E-state index in [1.54, 1.807) is 18.5 Å². The van der Waals surface area contributed by atoms with Crippen LogP contribution in [0.5, 0.6) is 0 Å². The maximum atomic E-state index is 8.91. The molecule has 4 nitrogen and oxygen atoms in total. The number of hydrogen-bond acceptors (Lipinski definition) is 4. The zero-order valence-corrected chi connectivity index (χ0v) is 9.67. The average Bonchev–Trinajstić information content (AvgIpc) is 2.39. The number of aliphatic hydroxyl groups is 1. The summed E-state index contributed by atoms with van der Waals surface area (Å²) in [4.78, 5) is 8.42. The van der Waals surface area contributed by atoms with Crippen molar-refractivity contribution in [2.24, 2.45) is 5.73 Å². The molecule has 0 fully saturated rings. The molecule has 0 unspecified atom stereocenters. The Bertz CT molecular complexity index is 477. The van der Waals surface area contributed by atoms with Crippen LogP contribution in [0.4, 0.5) is 0 Å². The molecule has 2 aromatic heterocycles. The van der Waals surface area contributed by atoms with Crippen molar-refractivity contribution in [2.45, 2.75) is 19.6 Å². The predicted octanol–water partition coefficient (Wildman–Crippen LogP) is 1.66. The third kappa shape index (κ3) is 2.67. The normalized spacial score (nSPS) is 12.4. The van der Waals surface area contributed by atoms with Crippen molar-refractivity contribution in [2.75, 3.05) is 0 Å². The topological polar surface area (TPSA) is 72.0 Å². The summed E-state index contributed by atoms with van der Waals surface area (Å²) in [5.74, 6) is 0. The van der Waals surface area contributed by atoms with Crippen molar-refractivity contribution in [1.82, 2.24) is 9.97 Å². The number of nitrogens with zero attached hydrogens (tertiary/aromatic N) is 2. The van der Waals surface area contributed by atoms with E-state index in [9.17, 15) is 0 Å². The minimum Gasteiger partial charge on any atom is -0.390 e. The lowest BCUT2D eigenvalue weighted by atomic mass is 10.1. The summed E-state index contributed by atoms with van der Waals surface area (Å²) >= 11 is 0. The molecule has 1 atom stereocenters. The number of hydrogen-bond donors (Lipinski definition) is 2. The number of rotatable bonds is 3. The van der Waals surface area contributed by atoms with Gasteiger partial charge in [-0.3, -0.25) is 9.97 Å². The molecule has 0 bridgehead atoms. The Labute approximate surface area is 100 Å². The van der Waals surface area contributed by atoms with Crippen LogP contribution in [0, 0.1) is 0 Å². The van der Waals surface area contributed by atoms with E-state index in [4.69, 9.17) is 10.8 Å². The molecule has 3 N–H and O–H groups in total. The lowest BCUT2D eigenvalue weighted by Crippen LogP contribution is -2.06. The van der Waals surface area contributed by atoms with Gasteiger partial charge in [0.25, 0.3) is 0 Å². The van der Waals surface area contributed by atoms with Crippen molar-refractivity contribution in [3.8, 4) is 11.1 Å². The van der Waals surface area contributed by atoms with Crippen LogP contribution in [0.25, 0.3) is 11.1 Å². The van der Waals surface area contributed by atoms with Gasteiger partial charge in [0, 0.05) is 29.6 Å². The molecule has 0 saturated carbocycles. The van der Waals surface area contributed by atoms with Crippen LogP contribution < -0.4 is 5.73 Å². The van der Waals surface area contributed by atoms with Crippen LogP contribution in [0.3, 0.4) is 0 Å². The molecule has 4 heteroatoms. The fourth-order valence-electron chi connectivity index (χ4n) is 1.53. The summed E-state index contributed by atoms with van der Waals surface area (Å²) in [6.45, 7) is 1.86. The lowest BCUT2D eigenvalue weighted by molar-refractivity contribution is 0.277. The Hall–Kier alpha value is -1.78. The Kier molecular flexibility index (Phi) is 3.46. The van der Waals surface area contributed by atoms with Crippen LogP contribution in [0.15, 0.2) is 36.7 Å². The van der Waals surface area contributed by atoms with Crippen molar-refractivity contribution in [1.29, 1.82) is 0 Å². The third-order valence-electron chi connectivity index (χ3n) is 2.57. The molecule has 0 radical (unpaired) electrons. The summed E-state index contributed by atoms with van der Waals surface area (Å²) in [5.41, 5.74) is 9.24. The molecule has 0 spiro atoms. The van der Waals surface area contributed by atoms with Gasteiger partial charge < -0.3 is 10.8 Å². The van der Waals surface area contributed by atoms with E-state index < -0.39 is 0 Å². The molecular weight excluding hydrogens is 214 g/mol. The average molecular weight is 229 g/mol. The van der Waals surface area contributed by atoms with Crippen molar-refractivity contribution >= 4 is 0 Å². The summed E-state index contributed by atoms with van der Waals surface area (Å²) in [7, 11) is 0. The number of aliphatic hydroxyl groups excluding tert-OH is 1. The Morgan fingerprint density at radius 1 is 1.12 bits per heavy atom. The molecule has 0 aliphatic heterocycles. The Balaban J connectivity index is 2.26. The molecule has 2 aromatic rings. The van der Waals surface area contributed by atoms with Gasteiger partial charge in [0.2, 0.25) is 0 Å². The maximum Gasteiger partial charge on any atom is 0.0852 e. The zero-order chi connectivity index (χ0) is 12.3. The molecular formula is C13H15N3O. The van der Waals surface area contributed by atoms with Crippen molar-refractivity contribution < 1.29 is 5.11 Å². The van der Waals surface area contributed by atoms with Crippen molar-refractivity contribution in [3.05, 3.63) is 48.0 Å². The van der Waals surface area contributed by atoms with Crippen LogP contribution in [-0.2, 0) is 6.61 Å². The molecule has 88 valence electrons. The van der Waals surface area contributed by atoms with Gasteiger partial charge in [0.15, 0.2) is 0 Å². The summed E-state index contributed by atoms with van der Waals surface area (Å²) in [6.07, 6.45) is 3.52. The monoisotopic (exact) mass is 229 g/mol. The zero-order valence-electron chi connectivity index (χ0n) is 9.67. The number of pyridine rings is 2. The van der Waals surface area contributed by atoms with Crippen LogP contribution in [0.2, 0.25) is 0 Å². The van der Waals surface area contributed by atoms with Gasteiger partial charge in [0.05, 0.1) is 18.0 Å². The van der Waals surface area contributed by atoms with E-state index in [1.807, 2.05) is 25.1 Å². The minimum atomic E-state index is -0.0565. The highest BCUT2D eigenvalue weighted by Crippen LogP contribution is 2.18. The van der Waals surface area contributed by atoms with E-state index in [-0.39, 0.29) is 12.6 Å². The van der Waals surface area contributed by atoms with E-state index in [0.717, 1.165) is 16.8 Å². The first-order valence-corrected chi connectivity index (χ1v) is 5.48. The largest absolute Gasteiger partial charge is 0.390 e. The standard InChI is InChI=1S/C13H15N3O/c1-9(14)13-5-3-11(7-16-13)10-2-4-12(8-17)15-6-10/h2-7,9,17H,8,14H2,1H3/t9-/m1/s1.